The van der Waals surface area contributed by atoms with Gasteiger partial charge >= 0.3 is 0 Å². The largest absolute Gasteiger partial charge is 0.383 e. The Bertz CT molecular complexity index is 364. The Labute approximate surface area is 110 Å². The summed E-state index contributed by atoms with van der Waals surface area (Å²) in [5.41, 5.74) is 1.74. The van der Waals surface area contributed by atoms with Crippen LogP contribution < -0.4 is 10.6 Å². The maximum Gasteiger partial charge on any atom is 0.115 e. The van der Waals surface area contributed by atoms with E-state index in [9.17, 15) is 4.39 Å². The quantitative estimate of drug-likeness (QED) is 0.890. The summed E-state index contributed by atoms with van der Waals surface area (Å²) in [6.07, 6.45) is 3.82. The van der Waals surface area contributed by atoms with Crippen molar-refractivity contribution >= 4 is 21.6 Å². The lowest BCUT2D eigenvalue weighted by Gasteiger charge is -2.24. The third-order valence-corrected chi connectivity index (χ3v) is 3.80. The molecule has 1 aliphatic rings. The van der Waals surface area contributed by atoms with Crippen molar-refractivity contribution in [2.24, 2.45) is 0 Å². The molecule has 1 unspecified atom stereocenters. The van der Waals surface area contributed by atoms with E-state index in [4.69, 9.17) is 0 Å². The van der Waals surface area contributed by atoms with Gasteiger partial charge in [-0.1, -0.05) is 12.5 Å². The van der Waals surface area contributed by atoms with Gasteiger partial charge in [0.15, 0.2) is 0 Å². The van der Waals surface area contributed by atoms with Crippen molar-refractivity contribution in [3.05, 3.63) is 28.2 Å². The summed E-state index contributed by atoms with van der Waals surface area (Å²) < 4.78 is 13.4. The van der Waals surface area contributed by atoms with Crippen LogP contribution in [0, 0.1) is 0 Å². The topological polar surface area (TPSA) is 24.1 Å². The molecule has 1 aliphatic heterocycles. The molecule has 17 heavy (non-hydrogen) atoms. The zero-order valence-corrected chi connectivity index (χ0v) is 11.4. The number of piperidine rings is 1. The van der Waals surface area contributed by atoms with Crippen molar-refractivity contribution < 1.29 is 4.39 Å². The molecular formula is C13H18BrFN2. The van der Waals surface area contributed by atoms with Crippen LogP contribution in [0.1, 0.15) is 24.8 Å². The minimum absolute atomic E-state index is 0.414. The lowest BCUT2D eigenvalue weighted by Crippen LogP contribution is -2.39. The number of rotatable bonds is 4. The van der Waals surface area contributed by atoms with Gasteiger partial charge in [0.05, 0.1) is 0 Å². The van der Waals surface area contributed by atoms with Crippen molar-refractivity contribution in [3.8, 4) is 0 Å². The van der Waals surface area contributed by atoms with Crippen LogP contribution >= 0.6 is 15.9 Å². The fraction of sp³-hybridized carbons (Fsp3) is 0.538. The smallest absolute Gasteiger partial charge is 0.115 e. The van der Waals surface area contributed by atoms with Gasteiger partial charge in [0.25, 0.3) is 0 Å². The standard InChI is InChI=1S/C13H18BrFN2/c14-12-7-10(8-15)4-5-13(12)17-9-11-3-1-2-6-16-11/h4-5,7,11,16-17H,1-3,6,8-9H2. The SMILES string of the molecule is FCc1ccc(NCC2CCCCN2)c(Br)c1. The zero-order valence-electron chi connectivity index (χ0n) is 9.81. The monoisotopic (exact) mass is 300 g/mol. The second kappa shape index (κ2) is 6.36. The Morgan fingerprint density at radius 3 is 2.94 bits per heavy atom. The average molecular weight is 301 g/mol. The fourth-order valence-electron chi connectivity index (χ4n) is 2.12. The van der Waals surface area contributed by atoms with E-state index in [0.29, 0.717) is 11.6 Å². The van der Waals surface area contributed by atoms with Crippen molar-refractivity contribution in [1.82, 2.24) is 5.32 Å². The summed E-state index contributed by atoms with van der Waals surface area (Å²) in [5, 5.41) is 6.90. The number of benzene rings is 1. The molecule has 1 saturated heterocycles. The van der Waals surface area contributed by atoms with E-state index >= 15 is 0 Å². The molecule has 0 saturated carbocycles. The summed E-state index contributed by atoms with van der Waals surface area (Å²) in [7, 11) is 0. The van der Waals surface area contributed by atoms with Crippen LogP contribution in [0.15, 0.2) is 22.7 Å². The van der Waals surface area contributed by atoms with Gasteiger partial charge in [-0.2, -0.15) is 0 Å². The van der Waals surface area contributed by atoms with E-state index in [0.717, 1.165) is 23.2 Å². The highest BCUT2D eigenvalue weighted by atomic mass is 79.9. The summed E-state index contributed by atoms with van der Waals surface area (Å²) in [6.45, 7) is 1.63. The molecule has 2 rings (SSSR count). The van der Waals surface area contributed by atoms with E-state index < -0.39 is 6.67 Å². The highest BCUT2D eigenvalue weighted by molar-refractivity contribution is 9.10. The van der Waals surface area contributed by atoms with E-state index in [2.05, 4.69) is 26.6 Å². The van der Waals surface area contributed by atoms with Gasteiger partial charge in [0.2, 0.25) is 0 Å². The first-order chi connectivity index (χ1) is 8.29. The van der Waals surface area contributed by atoms with E-state index in [1.165, 1.54) is 19.3 Å². The van der Waals surface area contributed by atoms with Crippen LogP contribution in [-0.4, -0.2) is 19.1 Å². The Kier molecular flexibility index (Phi) is 4.80. The molecule has 1 aromatic rings. The third-order valence-electron chi connectivity index (χ3n) is 3.14. The zero-order chi connectivity index (χ0) is 12.1. The molecule has 94 valence electrons. The number of hydrogen-bond donors (Lipinski definition) is 2. The molecule has 0 radical (unpaired) electrons. The molecular weight excluding hydrogens is 283 g/mol. The van der Waals surface area contributed by atoms with Gasteiger partial charge < -0.3 is 10.6 Å². The molecule has 1 atom stereocenters. The normalized spacial score (nSPS) is 20.2. The second-order valence-electron chi connectivity index (χ2n) is 4.48. The van der Waals surface area contributed by atoms with Crippen LogP contribution in [0.3, 0.4) is 0 Å². The van der Waals surface area contributed by atoms with Gasteiger partial charge in [-0.05, 0) is 53.0 Å². The molecule has 0 aliphatic carbocycles. The van der Waals surface area contributed by atoms with Crippen molar-refractivity contribution in [2.45, 2.75) is 32.0 Å². The Hall–Kier alpha value is -0.610. The maximum atomic E-state index is 12.5. The van der Waals surface area contributed by atoms with Crippen molar-refractivity contribution in [3.63, 3.8) is 0 Å². The van der Waals surface area contributed by atoms with Gasteiger partial charge in [-0.15, -0.1) is 0 Å². The lowest BCUT2D eigenvalue weighted by atomic mass is 10.1. The highest BCUT2D eigenvalue weighted by Crippen LogP contribution is 2.24. The van der Waals surface area contributed by atoms with Crippen molar-refractivity contribution in [1.29, 1.82) is 0 Å². The second-order valence-corrected chi connectivity index (χ2v) is 5.33. The maximum absolute atomic E-state index is 12.5. The molecule has 2 nitrogen and oxygen atoms in total. The first-order valence-electron chi connectivity index (χ1n) is 6.11. The van der Waals surface area contributed by atoms with Crippen LogP contribution in [0.2, 0.25) is 0 Å². The lowest BCUT2D eigenvalue weighted by molar-refractivity contribution is 0.414. The highest BCUT2D eigenvalue weighted by Gasteiger charge is 2.12. The molecule has 0 spiro atoms. The summed E-state index contributed by atoms with van der Waals surface area (Å²) in [6, 6.07) is 6.14. The first kappa shape index (κ1) is 12.8. The molecule has 1 heterocycles. The molecule has 2 N–H and O–H groups in total. The Balaban J connectivity index is 1.89. The first-order valence-corrected chi connectivity index (χ1v) is 6.90. The predicted octanol–water partition coefficient (Wildman–Crippen LogP) is 3.47. The molecule has 0 aromatic heterocycles. The molecule has 0 amide bonds. The van der Waals surface area contributed by atoms with Gasteiger partial charge in [-0.25, -0.2) is 4.39 Å². The van der Waals surface area contributed by atoms with Gasteiger partial charge in [-0.3, -0.25) is 0 Å². The number of anilines is 1. The minimum Gasteiger partial charge on any atom is -0.383 e. The van der Waals surface area contributed by atoms with Crippen LogP contribution in [0.5, 0.6) is 0 Å². The molecule has 4 heteroatoms. The summed E-state index contributed by atoms with van der Waals surface area (Å²) >= 11 is 3.46. The predicted molar refractivity (Wildman–Crippen MR) is 73.1 cm³/mol. The van der Waals surface area contributed by atoms with Crippen molar-refractivity contribution in [2.75, 3.05) is 18.4 Å². The van der Waals surface area contributed by atoms with Crippen LogP contribution in [-0.2, 0) is 6.67 Å². The van der Waals surface area contributed by atoms with Crippen LogP contribution in [0.25, 0.3) is 0 Å². The molecule has 0 bridgehead atoms. The number of hydrogen-bond acceptors (Lipinski definition) is 2. The minimum atomic E-state index is -0.414. The molecule has 1 aromatic carbocycles. The van der Waals surface area contributed by atoms with E-state index in [-0.39, 0.29) is 0 Å². The number of alkyl halides is 1. The average Bonchev–Trinajstić information content (AvgIpc) is 2.38. The Morgan fingerprint density at radius 1 is 1.41 bits per heavy atom. The summed E-state index contributed by atoms with van der Waals surface area (Å²) in [4.78, 5) is 0. The number of halogens is 2. The number of nitrogens with one attached hydrogen (secondary N) is 2. The van der Waals surface area contributed by atoms with E-state index in [1.807, 2.05) is 18.2 Å². The third kappa shape index (κ3) is 3.68. The van der Waals surface area contributed by atoms with Crippen LogP contribution in [0.4, 0.5) is 10.1 Å². The fourth-order valence-corrected chi connectivity index (χ4v) is 2.68. The summed E-state index contributed by atoms with van der Waals surface area (Å²) in [5.74, 6) is 0. The van der Waals surface area contributed by atoms with Gasteiger partial charge in [0.1, 0.15) is 6.67 Å². The molecule has 1 fully saturated rings. The Morgan fingerprint density at radius 2 is 2.29 bits per heavy atom. The van der Waals surface area contributed by atoms with E-state index in [1.54, 1.807) is 0 Å². The van der Waals surface area contributed by atoms with Gasteiger partial charge in [0, 0.05) is 22.7 Å².